The number of benzene rings is 2. The van der Waals surface area contributed by atoms with Gasteiger partial charge in [-0.15, -0.1) is 0 Å². The van der Waals surface area contributed by atoms with Crippen molar-refractivity contribution in [3.63, 3.8) is 0 Å². The van der Waals surface area contributed by atoms with E-state index in [2.05, 4.69) is 10.3 Å². The summed E-state index contributed by atoms with van der Waals surface area (Å²) in [5.41, 5.74) is -3.79. The van der Waals surface area contributed by atoms with Gasteiger partial charge in [0.25, 0.3) is 0 Å². The van der Waals surface area contributed by atoms with E-state index in [0.29, 0.717) is 60.7 Å². The summed E-state index contributed by atoms with van der Waals surface area (Å²) in [7, 11) is -1.84. The summed E-state index contributed by atoms with van der Waals surface area (Å²) in [6, 6.07) is 6.63. The maximum Gasteiger partial charge on any atom is 0.416 e. The first-order chi connectivity index (χ1) is 21.6. The van der Waals surface area contributed by atoms with Gasteiger partial charge in [-0.1, -0.05) is 6.07 Å². The molecule has 1 aromatic heterocycles. The number of carbonyl (C=O) groups is 1. The second-order valence-electron chi connectivity index (χ2n) is 12.3. The third-order valence-electron chi connectivity index (χ3n) is 8.27. The first kappa shape index (κ1) is 36.1. The largest absolute Gasteiger partial charge is 0.416 e. The summed E-state index contributed by atoms with van der Waals surface area (Å²) < 4.78 is 119. The van der Waals surface area contributed by atoms with Crippen LogP contribution in [0.5, 0.6) is 0 Å². The number of piperazine rings is 1. The molecule has 0 radical (unpaired) electrons. The van der Waals surface area contributed by atoms with Crippen LogP contribution in [0.25, 0.3) is 11.1 Å². The predicted molar refractivity (Wildman–Crippen MR) is 166 cm³/mol. The number of amides is 1. The van der Waals surface area contributed by atoms with Gasteiger partial charge in [0.15, 0.2) is 0 Å². The van der Waals surface area contributed by atoms with E-state index < -0.39 is 56.0 Å². The zero-order chi connectivity index (χ0) is 35.1. The lowest BCUT2D eigenvalue weighted by molar-refractivity contribution is -0.143. The zero-order valence-electron chi connectivity index (χ0n) is 26.4. The van der Waals surface area contributed by atoms with Gasteiger partial charge in [0.1, 0.15) is 21.5 Å². The molecule has 47 heavy (non-hydrogen) atoms. The number of alkyl halides is 6. The number of aromatic nitrogens is 1. The first-order valence-corrected chi connectivity index (χ1v) is 16.6. The van der Waals surface area contributed by atoms with Gasteiger partial charge in [-0.3, -0.25) is 4.79 Å². The van der Waals surface area contributed by atoms with Gasteiger partial charge >= 0.3 is 12.4 Å². The standard InChI is InChI=1S/C32H35F7N4O3S/c1-19-12-23(33)6-7-25(19)26-16-28(43-10-9-40-24(18-43)8-11-47(5,45)46)41-17-27(26)42(4)29(44)30(2,3)20-13-21(31(34,35)36)15-22(14-20)32(37,38)39/h6-7,12-17,24,40H,8-11,18H2,1-5H3. The number of likely N-dealkylation sites (N-methyl/N-ethyl adjacent to an activating group) is 1. The number of hydrogen-bond acceptors (Lipinski definition) is 6. The van der Waals surface area contributed by atoms with Crippen molar-refractivity contribution in [2.24, 2.45) is 0 Å². The highest BCUT2D eigenvalue weighted by atomic mass is 32.2. The van der Waals surface area contributed by atoms with E-state index in [0.717, 1.165) is 11.2 Å². The van der Waals surface area contributed by atoms with Crippen molar-refractivity contribution in [2.45, 2.75) is 51.0 Å². The smallest absolute Gasteiger partial charge is 0.354 e. The van der Waals surface area contributed by atoms with E-state index in [9.17, 15) is 43.9 Å². The summed E-state index contributed by atoms with van der Waals surface area (Å²) in [5, 5.41) is 3.29. The van der Waals surface area contributed by atoms with E-state index in [1.54, 1.807) is 13.0 Å². The summed E-state index contributed by atoms with van der Waals surface area (Å²) >= 11 is 0. The molecule has 0 aliphatic carbocycles. The molecule has 0 bridgehead atoms. The molecule has 2 aromatic carbocycles. The van der Waals surface area contributed by atoms with Crippen molar-refractivity contribution in [1.29, 1.82) is 0 Å². The molecule has 1 aliphatic rings. The average Bonchev–Trinajstić information content (AvgIpc) is 2.97. The molecule has 256 valence electrons. The molecule has 1 aliphatic heterocycles. The molecule has 1 saturated heterocycles. The van der Waals surface area contributed by atoms with Gasteiger partial charge in [-0.25, -0.2) is 17.8 Å². The number of hydrogen-bond donors (Lipinski definition) is 1. The van der Waals surface area contributed by atoms with Gasteiger partial charge in [0.2, 0.25) is 5.91 Å². The molecule has 1 atom stereocenters. The van der Waals surface area contributed by atoms with Crippen LogP contribution in [0.4, 0.5) is 42.2 Å². The lowest BCUT2D eigenvalue weighted by Gasteiger charge is -2.35. The maximum absolute atomic E-state index is 14.1. The Morgan fingerprint density at radius 2 is 1.57 bits per heavy atom. The van der Waals surface area contributed by atoms with Gasteiger partial charge in [0, 0.05) is 44.5 Å². The average molecular weight is 689 g/mol. The Bertz CT molecular complexity index is 1730. The SMILES string of the molecule is Cc1cc(F)ccc1-c1cc(N2CCNC(CCS(C)(=O)=O)C2)ncc1N(C)C(=O)C(C)(C)c1cc(C(F)(F)F)cc(C(F)(F)F)c1. The fraction of sp³-hybridized carbons (Fsp3) is 0.438. The summed E-state index contributed by atoms with van der Waals surface area (Å²) in [6.07, 6.45) is -7.28. The van der Waals surface area contributed by atoms with Crippen LogP contribution in [0, 0.1) is 12.7 Å². The topological polar surface area (TPSA) is 82.6 Å². The van der Waals surface area contributed by atoms with E-state index in [1.807, 2.05) is 4.90 Å². The predicted octanol–water partition coefficient (Wildman–Crippen LogP) is 6.39. The van der Waals surface area contributed by atoms with Crippen LogP contribution < -0.4 is 15.1 Å². The number of nitrogens with one attached hydrogen (secondary N) is 1. The number of rotatable bonds is 8. The van der Waals surface area contributed by atoms with Crippen molar-refractivity contribution >= 4 is 27.2 Å². The Morgan fingerprint density at radius 3 is 2.13 bits per heavy atom. The Balaban J connectivity index is 1.77. The third kappa shape index (κ3) is 8.42. The minimum atomic E-state index is -5.10. The first-order valence-electron chi connectivity index (χ1n) is 14.6. The van der Waals surface area contributed by atoms with Crippen molar-refractivity contribution in [3.05, 3.63) is 76.7 Å². The Labute approximate surface area is 268 Å². The Hall–Kier alpha value is -3.72. The van der Waals surface area contributed by atoms with E-state index in [-0.39, 0.29) is 23.5 Å². The third-order valence-corrected chi connectivity index (χ3v) is 9.25. The molecule has 1 N–H and O–H groups in total. The fourth-order valence-corrected chi connectivity index (χ4v) is 6.29. The van der Waals surface area contributed by atoms with Gasteiger partial charge < -0.3 is 15.1 Å². The quantitative estimate of drug-likeness (QED) is 0.277. The van der Waals surface area contributed by atoms with Gasteiger partial charge in [0.05, 0.1) is 34.2 Å². The van der Waals surface area contributed by atoms with Crippen LogP contribution in [0.1, 0.15) is 42.5 Å². The number of aryl methyl sites for hydroxylation is 1. The van der Waals surface area contributed by atoms with Gasteiger partial charge in [-0.05, 0) is 80.3 Å². The molecular formula is C32H35F7N4O3S. The number of halogens is 7. The van der Waals surface area contributed by atoms with Crippen molar-refractivity contribution in [2.75, 3.05) is 48.5 Å². The lowest BCUT2D eigenvalue weighted by Crippen LogP contribution is -2.51. The molecule has 0 spiro atoms. The van der Waals surface area contributed by atoms with Crippen LogP contribution in [0.2, 0.25) is 0 Å². The van der Waals surface area contributed by atoms with Crippen LogP contribution in [0.3, 0.4) is 0 Å². The van der Waals surface area contributed by atoms with Crippen molar-refractivity contribution < 1.29 is 43.9 Å². The van der Waals surface area contributed by atoms with Crippen molar-refractivity contribution in [1.82, 2.24) is 10.3 Å². The normalized spacial score (nSPS) is 16.3. The number of carbonyl (C=O) groups excluding carboxylic acids is 1. The number of pyridine rings is 1. The van der Waals surface area contributed by atoms with E-state index in [4.69, 9.17) is 0 Å². The van der Waals surface area contributed by atoms with E-state index in [1.165, 1.54) is 45.3 Å². The van der Waals surface area contributed by atoms with Gasteiger partial charge in [-0.2, -0.15) is 26.3 Å². The van der Waals surface area contributed by atoms with Crippen LogP contribution in [-0.2, 0) is 32.4 Å². The summed E-state index contributed by atoms with van der Waals surface area (Å²) in [4.78, 5) is 21.6. The fourth-order valence-electron chi connectivity index (χ4n) is 5.57. The molecule has 2 heterocycles. The minimum absolute atomic E-state index is 0.00762. The molecule has 7 nitrogen and oxygen atoms in total. The molecular weight excluding hydrogens is 653 g/mol. The molecule has 1 fully saturated rings. The number of sulfone groups is 1. The van der Waals surface area contributed by atoms with Crippen molar-refractivity contribution in [3.8, 4) is 11.1 Å². The molecule has 4 rings (SSSR count). The molecule has 15 heteroatoms. The number of anilines is 2. The molecule has 3 aromatic rings. The van der Waals surface area contributed by atoms with Crippen LogP contribution in [-0.4, -0.2) is 64.0 Å². The Morgan fingerprint density at radius 1 is 0.979 bits per heavy atom. The molecule has 0 saturated carbocycles. The number of nitrogens with zero attached hydrogens (tertiary/aromatic N) is 3. The maximum atomic E-state index is 14.1. The van der Waals surface area contributed by atoms with Crippen LogP contribution in [0.15, 0.2) is 48.7 Å². The second kappa shape index (κ2) is 13.1. The highest BCUT2D eigenvalue weighted by Gasteiger charge is 2.41. The zero-order valence-corrected chi connectivity index (χ0v) is 27.2. The summed E-state index contributed by atoms with van der Waals surface area (Å²) in [5.74, 6) is -0.854. The second-order valence-corrected chi connectivity index (χ2v) is 14.6. The minimum Gasteiger partial charge on any atom is -0.354 e. The Kier molecular flexibility index (Phi) is 10.0. The lowest BCUT2D eigenvalue weighted by atomic mass is 9.81. The molecule has 1 unspecified atom stereocenters. The summed E-state index contributed by atoms with van der Waals surface area (Å²) in [6.45, 7) is 5.60. The highest BCUT2D eigenvalue weighted by molar-refractivity contribution is 7.90. The highest BCUT2D eigenvalue weighted by Crippen LogP contribution is 2.41. The monoisotopic (exact) mass is 688 g/mol. The van der Waals surface area contributed by atoms with E-state index >= 15 is 0 Å². The molecule has 1 amide bonds. The van der Waals surface area contributed by atoms with Crippen LogP contribution >= 0.6 is 0 Å².